The lowest BCUT2D eigenvalue weighted by Gasteiger charge is -2.36. The molecule has 3 heteroatoms. The van der Waals surface area contributed by atoms with Crippen LogP contribution in [0.5, 0.6) is 5.75 Å². The Morgan fingerprint density at radius 3 is 2.80 bits per heavy atom. The van der Waals surface area contributed by atoms with E-state index in [9.17, 15) is 5.11 Å². The molecule has 0 aromatic heterocycles. The van der Waals surface area contributed by atoms with E-state index in [-0.39, 0.29) is 0 Å². The van der Waals surface area contributed by atoms with Crippen LogP contribution in [0.2, 0.25) is 5.02 Å². The van der Waals surface area contributed by atoms with Crippen molar-refractivity contribution < 1.29 is 9.84 Å². The fourth-order valence-electron chi connectivity index (χ4n) is 3.73. The molecule has 1 N–H and O–H groups in total. The van der Waals surface area contributed by atoms with E-state index >= 15 is 0 Å². The molecule has 2 aliphatic rings. The normalized spacial score (nSPS) is 22.1. The summed E-state index contributed by atoms with van der Waals surface area (Å²) in [7, 11) is 0. The zero-order valence-electron chi connectivity index (χ0n) is 12.1. The second-order valence-electron chi connectivity index (χ2n) is 6.52. The van der Waals surface area contributed by atoms with Gasteiger partial charge in [-0.15, -0.1) is 0 Å². The topological polar surface area (TPSA) is 29.5 Å². The molecule has 0 saturated heterocycles. The van der Waals surface area contributed by atoms with Crippen LogP contribution in [-0.4, -0.2) is 17.3 Å². The van der Waals surface area contributed by atoms with Crippen LogP contribution in [0.3, 0.4) is 0 Å². The fourth-order valence-corrected chi connectivity index (χ4v) is 4.00. The van der Waals surface area contributed by atoms with Crippen molar-refractivity contribution >= 4 is 11.6 Å². The van der Waals surface area contributed by atoms with E-state index in [0.717, 1.165) is 42.2 Å². The highest BCUT2D eigenvalue weighted by Crippen LogP contribution is 2.39. The molecule has 1 atom stereocenters. The van der Waals surface area contributed by atoms with Crippen LogP contribution in [0, 0.1) is 5.92 Å². The standard InChI is InChI=1S/C17H23ClO2/c1-17(19,14-5-3-2-4-6-14)11-13-10-15(18)9-12-7-8-20-16(12)13/h9-10,14,19H,2-8,11H2,1H3. The summed E-state index contributed by atoms with van der Waals surface area (Å²) in [5.74, 6) is 1.36. The lowest BCUT2D eigenvalue weighted by Crippen LogP contribution is -2.38. The number of halogens is 1. The van der Waals surface area contributed by atoms with Crippen molar-refractivity contribution in [3.8, 4) is 5.75 Å². The summed E-state index contributed by atoms with van der Waals surface area (Å²) in [5.41, 5.74) is 1.60. The minimum absolute atomic E-state index is 0.396. The lowest BCUT2D eigenvalue weighted by molar-refractivity contribution is -0.0163. The van der Waals surface area contributed by atoms with Gasteiger partial charge in [0, 0.05) is 17.9 Å². The number of benzene rings is 1. The zero-order chi connectivity index (χ0) is 14.2. The molecule has 1 aromatic rings. The smallest absolute Gasteiger partial charge is 0.126 e. The maximum absolute atomic E-state index is 10.9. The SMILES string of the molecule is CC(O)(Cc1cc(Cl)cc2c1OCC2)C1CCCCC1. The van der Waals surface area contributed by atoms with Gasteiger partial charge in [0.1, 0.15) is 5.75 Å². The quantitative estimate of drug-likeness (QED) is 0.907. The first-order valence-electron chi connectivity index (χ1n) is 7.73. The van der Waals surface area contributed by atoms with E-state index < -0.39 is 5.60 Å². The molecule has 1 saturated carbocycles. The molecule has 3 rings (SSSR count). The Kier molecular flexibility index (Phi) is 3.96. The van der Waals surface area contributed by atoms with Crippen LogP contribution in [-0.2, 0) is 12.8 Å². The van der Waals surface area contributed by atoms with E-state index in [4.69, 9.17) is 16.3 Å². The molecule has 0 spiro atoms. The van der Waals surface area contributed by atoms with Crippen LogP contribution >= 0.6 is 11.6 Å². The largest absolute Gasteiger partial charge is 0.493 e. The van der Waals surface area contributed by atoms with Gasteiger partial charge in [0.25, 0.3) is 0 Å². The van der Waals surface area contributed by atoms with Gasteiger partial charge in [-0.05, 0) is 48.9 Å². The first-order chi connectivity index (χ1) is 9.56. The van der Waals surface area contributed by atoms with Gasteiger partial charge in [-0.2, -0.15) is 0 Å². The van der Waals surface area contributed by atoms with Crippen LogP contribution in [0.1, 0.15) is 50.2 Å². The van der Waals surface area contributed by atoms with Crippen molar-refractivity contribution in [2.75, 3.05) is 6.61 Å². The van der Waals surface area contributed by atoms with Gasteiger partial charge in [-0.25, -0.2) is 0 Å². The average molecular weight is 295 g/mol. The summed E-state index contributed by atoms with van der Waals surface area (Å²) >= 11 is 6.21. The molecule has 20 heavy (non-hydrogen) atoms. The van der Waals surface area contributed by atoms with Crippen LogP contribution in [0.4, 0.5) is 0 Å². The maximum Gasteiger partial charge on any atom is 0.126 e. The Hall–Kier alpha value is -0.730. The fraction of sp³-hybridized carbons (Fsp3) is 0.647. The molecule has 110 valence electrons. The second-order valence-corrected chi connectivity index (χ2v) is 6.96. The van der Waals surface area contributed by atoms with Crippen molar-refractivity contribution in [1.82, 2.24) is 0 Å². The Bertz CT molecular complexity index is 490. The Labute approximate surface area is 126 Å². The van der Waals surface area contributed by atoms with Crippen molar-refractivity contribution in [3.63, 3.8) is 0 Å². The first kappa shape index (κ1) is 14.2. The van der Waals surface area contributed by atoms with E-state index in [0.29, 0.717) is 12.3 Å². The van der Waals surface area contributed by atoms with Crippen molar-refractivity contribution in [2.24, 2.45) is 5.92 Å². The number of hydrogen-bond donors (Lipinski definition) is 1. The van der Waals surface area contributed by atoms with Crippen molar-refractivity contribution in [1.29, 1.82) is 0 Å². The second kappa shape index (κ2) is 5.57. The third kappa shape index (κ3) is 2.82. The zero-order valence-corrected chi connectivity index (χ0v) is 12.9. The summed E-state index contributed by atoms with van der Waals surface area (Å²) in [6.07, 6.45) is 7.63. The van der Waals surface area contributed by atoms with Crippen LogP contribution in [0.25, 0.3) is 0 Å². The summed E-state index contributed by atoms with van der Waals surface area (Å²) in [4.78, 5) is 0. The van der Waals surface area contributed by atoms with Gasteiger partial charge < -0.3 is 9.84 Å². The summed E-state index contributed by atoms with van der Waals surface area (Å²) < 4.78 is 5.75. The molecule has 0 radical (unpaired) electrons. The molecule has 0 amide bonds. The summed E-state index contributed by atoms with van der Waals surface area (Å²) in [6, 6.07) is 3.95. The van der Waals surface area contributed by atoms with Gasteiger partial charge in [0.05, 0.1) is 12.2 Å². The van der Waals surface area contributed by atoms with Gasteiger partial charge in [-0.3, -0.25) is 0 Å². The molecule has 2 nitrogen and oxygen atoms in total. The molecule has 0 bridgehead atoms. The molecular weight excluding hydrogens is 272 g/mol. The van der Waals surface area contributed by atoms with Crippen molar-refractivity contribution in [3.05, 3.63) is 28.3 Å². The molecule has 1 aliphatic carbocycles. The van der Waals surface area contributed by atoms with E-state index in [1.165, 1.54) is 24.8 Å². The number of ether oxygens (including phenoxy) is 1. The minimum Gasteiger partial charge on any atom is -0.493 e. The molecule has 1 heterocycles. The average Bonchev–Trinajstić information content (AvgIpc) is 2.87. The molecule has 1 aliphatic heterocycles. The summed E-state index contributed by atoms with van der Waals surface area (Å²) in [5, 5.41) is 11.7. The predicted octanol–water partition coefficient (Wildman–Crippen LogP) is 4.15. The lowest BCUT2D eigenvalue weighted by atomic mass is 9.75. The Balaban J connectivity index is 1.83. The van der Waals surface area contributed by atoms with Crippen LogP contribution < -0.4 is 4.74 Å². The van der Waals surface area contributed by atoms with Gasteiger partial charge in [0.15, 0.2) is 0 Å². The predicted molar refractivity (Wildman–Crippen MR) is 81.6 cm³/mol. The summed E-state index contributed by atoms with van der Waals surface area (Å²) in [6.45, 7) is 2.71. The highest BCUT2D eigenvalue weighted by atomic mass is 35.5. The van der Waals surface area contributed by atoms with Gasteiger partial charge in [0.2, 0.25) is 0 Å². The van der Waals surface area contributed by atoms with Crippen molar-refractivity contribution in [2.45, 2.75) is 57.5 Å². The maximum atomic E-state index is 10.9. The highest BCUT2D eigenvalue weighted by molar-refractivity contribution is 6.30. The third-order valence-electron chi connectivity index (χ3n) is 4.86. The van der Waals surface area contributed by atoms with E-state index in [2.05, 4.69) is 0 Å². The number of aliphatic hydroxyl groups is 1. The number of hydrogen-bond acceptors (Lipinski definition) is 2. The number of rotatable bonds is 3. The first-order valence-corrected chi connectivity index (χ1v) is 8.10. The molecule has 1 aromatic carbocycles. The molecular formula is C17H23ClO2. The molecule has 1 fully saturated rings. The van der Waals surface area contributed by atoms with E-state index in [1.54, 1.807) is 0 Å². The van der Waals surface area contributed by atoms with E-state index in [1.807, 2.05) is 19.1 Å². The monoisotopic (exact) mass is 294 g/mol. The third-order valence-corrected chi connectivity index (χ3v) is 5.08. The van der Waals surface area contributed by atoms with Gasteiger partial charge in [-0.1, -0.05) is 30.9 Å². The Morgan fingerprint density at radius 2 is 2.05 bits per heavy atom. The number of fused-ring (bicyclic) bond motifs is 1. The minimum atomic E-state index is -0.662. The van der Waals surface area contributed by atoms with Crippen LogP contribution in [0.15, 0.2) is 12.1 Å². The Morgan fingerprint density at radius 1 is 1.30 bits per heavy atom. The van der Waals surface area contributed by atoms with Gasteiger partial charge >= 0.3 is 0 Å². The highest BCUT2D eigenvalue weighted by Gasteiger charge is 2.34. The molecule has 1 unspecified atom stereocenters.